The molecule has 1 saturated heterocycles. The summed E-state index contributed by atoms with van der Waals surface area (Å²) in [6.45, 7) is 4.68. The van der Waals surface area contributed by atoms with Crippen LogP contribution in [-0.4, -0.2) is 31.1 Å². The van der Waals surface area contributed by atoms with E-state index in [2.05, 4.69) is 37.6 Å². The van der Waals surface area contributed by atoms with Crippen LogP contribution >= 0.6 is 27.3 Å². The molecule has 2 heterocycles. The van der Waals surface area contributed by atoms with Crippen LogP contribution in [0.5, 0.6) is 0 Å². The van der Waals surface area contributed by atoms with Crippen LogP contribution in [0.4, 0.5) is 0 Å². The minimum absolute atomic E-state index is 0.652. The molecule has 0 spiro atoms. The fourth-order valence-electron chi connectivity index (χ4n) is 2.63. The number of nitrogens with one attached hydrogen (secondary N) is 1. The van der Waals surface area contributed by atoms with Crippen LogP contribution < -0.4 is 5.32 Å². The second-order valence-corrected chi connectivity index (χ2v) is 6.92. The molecule has 4 heteroatoms. The van der Waals surface area contributed by atoms with Crippen LogP contribution in [0, 0.1) is 5.92 Å². The van der Waals surface area contributed by atoms with E-state index < -0.39 is 0 Å². The lowest BCUT2D eigenvalue weighted by Gasteiger charge is -2.35. The Morgan fingerprint density at radius 2 is 2.18 bits per heavy atom. The lowest BCUT2D eigenvalue weighted by Crippen LogP contribution is -2.45. The van der Waals surface area contributed by atoms with E-state index in [0.717, 1.165) is 19.0 Å². The van der Waals surface area contributed by atoms with Gasteiger partial charge in [0.15, 0.2) is 0 Å². The summed E-state index contributed by atoms with van der Waals surface area (Å²) in [6, 6.07) is 2.85. The van der Waals surface area contributed by atoms with Gasteiger partial charge in [-0.1, -0.05) is 12.8 Å². The van der Waals surface area contributed by atoms with Crippen molar-refractivity contribution >= 4 is 27.3 Å². The molecule has 1 aliphatic heterocycles. The van der Waals surface area contributed by atoms with Crippen molar-refractivity contribution in [2.75, 3.05) is 26.2 Å². The highest BCUT2D eigenvalue weighted by atomic mass is 79.9. The summed E-state index contributed by atoms with van der Waals surface area (Å²) in [5.74, 6) is 0.990. The summed E-state index contributed by atoms with van der Waals surface area (Å²) in [7, 11) is 0. The molecule has 0 bridgehead atoms. The molecule has 0 aromatic carbocycles. The Bertz CT molecular complexity index is 369. The number of nitrogens with zero attached hydrogens (tertiary/aromatic N) is 1. The normalized spacial score (nSPS) is 23.8. The van der Waals surface area contributed by atoms with Crippen LogP contribution in [0.15, 0.2) is 15.9 Å². The van der Waals surface area contributed by atoms with Gasteiger partial charge >= 0.3 is 0 Å². The molecule has 0 unspecified atom stereocenters. The molecule has 2 aliphatic rings. The first kappa shape index (κ1) is 12.2. The van der Waals surface area contributed by atoms with Crippen molar-refractivity contribution in [1.29, 1.82) is 0 Å². The van der Waals surface area contributed by atoms with E-state index in [1.54, 1.807) is 4.88 Å². The van der Waals surface area contributed by atoms with E-state index in [1.807, 2.05) is 11.3 Å². The highest BCUT2D eigenvalue weighted by molar-refractivity contribution is 9.10. The first-order chi connectivity index (χ1) is 8.34. The number of thiophene rings is 1. The van der Waals surface area contributed by atoms with Gasteiger partial charge in [-0.15, -0.1) is 11.3 Å². The zero-order chi connectivity index (χ0) is 11.7. The second-order valence-electron chi connectivity index (χ2n) is 5.11. The zero-order valence-corrected chi connectivity index (χ0v) is 12.4. The highest BCUT2D eigenvalue weighted by Crippen LogP contribution is 2.43. The molecule has 0 radical (unpaired) electrons. The molecule has 3 rings (SSSR count). The molecule has 0 amide bonds. The van der Waals surface area contributed by atoms with Gasteiger partial charge in [-0.05, 0) is 39.7 Å². The monoisotopic (exact) mass is 314 g/mol. The van der Waals surface area contributed by atoms with Gasteiger partial charge < -0.3 is 5.32 Å². The first-order valence-electron chi connectivity index (χ1n) is 6.52. The van der Waals surface area contributed by atoms with Crippen molar-refractivity contribution in [3.8, 4) is 0 Å². The molecule has 1 aliphatic carbocycles. The lowest BCUT2D eigenvalue weighted by molar-refractivity contribution is 0.162. The van der Waals surface area contributed by atoms with Gasteiger partial charge in [0.25, 0.3) is 0 Å². The average molecular weight is 315 g/mol. The van der Waals surface area contributed by atoms with Crippen LogP contribution in [0.25, 0.3) is 0 Å². The highest BCUT2D eigenvalue weighted by Gasteiger charge is 2.31. The molecule has 94 valence electrons. The van der Waals surface area contributed by atoms with Gasteiger partial charge in [-0.3, -0.25) is 4.90 Å². The number of piperazine rings is 1. The Kier molecular flexibility index (Phi) is 3.85. The maximum atomic E-state index is 3.71. The summed E-state index contributed by atoms with van der Waals surface area (Å²) in [5.41, 5.74) is 0. The molecule has 1 aromatic rings. The molecular formula is C13H19BrN2S. The van der Waals surface area contributed by atoms with Gasteiger partial charge in [0.2, 0.25) is 0 Å². The molecule has 1 saturated carbocycles. The largest absolute Gasteiger partial charge is 0.314 e. The molecule has 17 heavy (non-hydrogen) atoms. The Morgan fingerprint density at radius 3 is 2.76 bits per heavy atom. The van der Waals surface area contributed by atoms with E-state index in [9.17, 15) is 0 Å². The third kappa shape index (κ3) is 2.92. The fraction of sp³-hybridized carbons (Fsp3) is 0.692. The summed E-state index contributed by atoms with van der Waals surface area (Å²) >= 11 is 5.62. The van der Waals surface area contributed by atoms with Gasteiger partial charge in [0.1, 0.15) is 0 Å². The summed E-state index contributed by atoms with van der Waals surface area (Å²) in [6.07, 6.45) is 4.26. The molecule has 1 N–H and O–H groups in total. The van der Waals surface area contributed by atoms with Gasteiger partial charge in [0, 0.05) is 41.6 Å². The molecular weight excluding hydrogens is 296 g/mol. The smallest absolute Gasteiger partial charge is 0.0456 e. The quantitative estimate of drug-likeness (QED) is 0.917. The maximum absolute atomic E-state index is 3.71. The van der Waals surface area contributed by atoms with E-state index in [0.29, 0.717) is 6.04 Å². The first-order valence-corrected chi connectivity index (χ1v) is 8.19. The van der Waals surface area contributed by atoms with Crippen LogP contribution in [0.2, 0.25) is 0 Å². The number of hydrogen-bond acceptors (Lipinski definition) is 3. The van der Waals surface area contributed by atoms with Crippen LogP contribution in [-0.2, 0) is 0 Å². The molecule has 1 aromatic heterocycles. The Labute approximate surface area is 116 Å². The third-order valence-electron chi connectivity index (χ3n) is 3.79. The second kappa shape index (κ2) is 5.39. The number of halogens is 1. The number of rotatable bonds is 4. The van der Waals surface area contributed by atoms with E-state index in [4.69, 9.17) is 0 Å². The predicted molar refractivity (Wildman–Crippen MR) is 76.5 cm³/mol. The zero-order valence-electron chi connectivity index (χ0n) is 9.99. The fourth-order valence-corrected chi connectivity index (χ4v) is 4.41. The predicted octanol–water partition coefficient (Wildman–Crippen LogP) is 3.26. The minimum Gasteiger partial charge on any atom is -0.314 e. The summed E-state index contributed by atoms with van der Waals surface area (Å²) < 4.78 is 1.31. The number of hydrogen-bond donors (Lipinski definition) is 1. The van der Waals surface area contributed by atoms with Crippen molar-refractivity contribution in [3.05, 3.63) is 20.8 Å². The van der Waals surface area contributed by atoms with E-state index >= 15 is 0 Å². The van der Waals surface area contributed by atoms with Crippen molar-refractivity contribution in [1.82, 2.24) is 10.2 Å². The molecule has 2 fully saturated rings. The van der Waals surface area contributed by atoms with Crippen molar-refractivity contribution < 1.29 is 0 Å². The minimum atomic E-state index is 0.652. The van der Waals surface area contributed by atoms with Crippen molar-refractivity contribution in [2.45, 2.75) is 25.3 Å². The SMILES string of the molecule is Brc1ccsc1[C@@H](CC1CC1)N1CCNCC1. The standard InChI is InChI=1S/C13H19BrN2S/c14-11-3-8-17-13(11)12(9-10-1-2-10)16-6-4-15-5-7-16/h3,8,10,12,15H,1-2,4-7,9H2/t12-/m1/s1. The van der Waals surface area contributed by atoms with Gasteiger partial charge in [0.05, 0.1) is 0 Å². The van der Waals surface area contributed by atoms with Crippen molar-refractivity contribution in [3.63, 3.8) is 0 Å². The van der Waals surface area contributed by atoms with Crippen LogP contribution in [0.1, 0.15) is 30.2 Å². The average Bonchev–Trinajstić information content (AvgIpc) is 3.09. The molecule has 1 atom stereocenters. The van der Waals surface area contributed by atoms with E-state index in [1.165, 1.54) is 36.8 Å². The Hall–Kier alpha value is 0.1000. The third-order valence-corrected chi connectivity index (χ3v) is 5.77. The van der Waals surface area contributed by atoms with Gasteiger partial charge in [-0.2, -0.15) is 0 Å². The molecule has 2 nitrogen and oxygen atoms in total. The Morgan fingerprint density at radius 1 is 1.41 bits per heavy atom. The Balaban J connectivity index is 1.77. The van der Waals surface area contributed by atoms with Crippen molar-refractivity contribution in [2.24, 2.45) is 5.92 Å². The topological polar surface area (TPSA) is 15.3 Å². The van der Waals surface area contributed by atoms with E-state index in [-0.39, 0.29) is 0 Å². The summed E-state index contributed by atoms with van der Waals surface area (Å²) in [4.78, 5) is 4.21. The van der Waals surface area contributed by atoms with Crippen LogP contribution in [0.3, 0.4) is 0 Å². The lowest BCUT2D eigenvalue weighted by atomic mass is 10.1. The van der Waals surface area contributed by atoms with Gasteiger partial charge in [-0.25, -0.2) is 0 Å². The maximum Gasteiger partial charge on any atom is 0.0456 e. The summed E-state index contributed by atoms with van der Waals surface area (Å²) in [5, 5.41) is 5.66.